The summed E-state index contributed by atoms with van der Waals surface area (Å²) < 4.78 is 6.54. The molecule has 0 radical (unpaired) electrons. The Labute approximate surface area is 192 Å². The minimum absolute atomic E-state index is 0.0884. The molecular weight excluding hydrogens is 472 g/mol. The molecule has 162 valence electrons. The number of aromatic amines is 1. The Hall–Kier alpha value is -3.43. The van der Waals surface area contributed by atoms with E-state index in [1.807, 2.05) is 59.5 Å². The van der Waals surface area contributed by atoms with Gasteiger partial charge in [-0.05, 0) is 58.7 Å². The number of nitrogens with one attached hydrogen (secondary N) is 2. The number of nitrogens with zero attached hydrogens (tertiary/aromatic N) is 3. The molecule has 2 aromatic carbocycles. The van der Waals surface area contributed by atoms with Crippen LogP contribution in [-0.2, 0) is 0 Å². The van der Waals surface area contributed by atoms with Crippen LogP contribution in [0, 0.1) is 0 Å². The number of nitrogens with two attached hydrogens (primary N) is 1. The summed E-state index contributed by atoms with van der Waals surface area (Å²) in [7, 11) is 0. The monoisotopic (exact) mass is 492 g/mol. The molecule has 0 saturated carbocycles. The molecule has 1 aliphatic heterocycles. The van der Waals surface area contributed by atoms with E-state index in [4.69, 9.17) is 10.5 Å². The summed E-state index contributed by atoms with van der Waals surface area (Å²) in [5.74, 6) is 2.45. The second-order valence-corrected chi connectivity index (χ2v) is 8.48. The molecule has 0 bridgehead atoms. The molecule has 0 aliphatic carbocycles. The molecule has 1 aliphatic rings. The lowest BCUT2D eigenvalue weighted by Crippen LogP contribution is -2.28. The van der Waals surface area contributed by atoms with Gasteiger partial charge in [0.15, 0.2) is 0 Å². The second-order valence-electron chi connectivity index (χ2n) is 7.62. The van der Waals surface area contributed by atoms with Crippen LogP contribution in [0.4, 0.5) is 17.5 Å². The second kappa shape index (κ2) is 8.60. The Kier molecular flexibility index (Phi) is 5.50. The third-order valence-electron chi connectivity index (χ3n) is 5.28. The number of halogens is 1. The maximum absolute atomic E-state index is 12.6. The summed E-state index contributed by atoms with van der Waals surface area (Å²) in [5, 5.41) is 3.66. The zero-order valence-electron chi connectivity index (χ0n) is 17.1. The van der Waals surface area contributed by atoms with Crippen molar-refractivity contribution in [2.75, 3.05) is 23.3 Å². The van der Waals surface area contributed by atoms with Gasteiger partial charge < -0.3 is 25.7 Å². The number of hydrogen-bond donors (Lipinski definition) is 3. The van der Waals surface area contributed by atoms with Crippen LogP contribution in [0.5, 0.6) is 11.5 Å². The minimum atomic E-state index is -0.264. The third kappa shape index (κ3) is 4.17. The number of pyridine rings is 1. The number of H-pyrrole nitrogens is 1. The van der Waals surface area contributed by atoms with Crippen LogP contribution in [-0.4, -0.2) is 34.1 Å². The summed E-state index contributed by atoms with van der Waals surface area (Å²) >= 11 is 3.50. The van der Waals surface area contributed by atoms with Gasteiger partial charge in [0.25, 0.3) is 5.56 Å². The van der Waals surface area contributed by atoms with Gasteiger partial charge in [-0.2, -0.15) is 4.98 Å². The molecule has 2 aromatic heterocycles. The van der Waals surface area contributed by atoms with Gasteiger partial charge in [0, 0.05) is 31.0 Å². The van der Waals surface area contributed by atoms with Crippen molar-refractivity contribution in [3.8, 4) is 11.5 Å². The Morgan fingerprint density at radius 2 is 1.84 bits per heavy atom. The standard InChI is InChI=1S/C23H21BrN6O2/c24-18-12-26-22(31)19-20(18)28-23(30-11-10-14(25)13-30)29-21(19)27-15-6-8-17(9-7-15)32-16-4-2-1-3-5-16/h1-9,12,14H,10-11,13,25H2,(H,26,31)(H,27,28,29)/t14-/m1/s1. The van der Waals surface area contributed by atoms with E-state index < -0.39 is 0 Å². The van der Waals surface area contributed by atoms with Gasteiger partial charge in [0.1, 0.15) is 22.7 Å². The number of fused-ring (bicyclic) bond motifs is 1. The molecule has 8 nitrogen and oxygen atoms in total. The van der Waals surface area contributed by atoms with E-state index >= 15 is 0 Å². The zero-order valence-corrected chi connectivity index (χ0v) is 18.7. The molecule has 1 fully saturated rings. The molecule has 4 N–H and O–H groups in total. The van der Waals surface area contributed by atoms with Crippen molar-refractivity contribution in [1.29, 1.82) is 0 Å². The number of hydrogen-bond acceptors (Lipinski definition) is 7. The van der Waals surface area contributed by atoms with Gasteiger partial charge >= 0.3 is 0 Å². The van der Waals surface area contributed by atoms with Crippen LogP contribution in [0.1, 0.15) is 6.42 Å². The van der Waals surface area contributed by atoms with Crippen LogP contribution in [0.25, 0.3) is 10.9 Å². The van der Waals surface area contributed by atoms with Gasteiger partial charge in [-0.15, -0.1) is 0 Å². The van der Waals surface area contributed by atoms with E-state index in [-0.39, 0.29) is 11.6 Å². The molecule has 5 rings (SSSR count). The number of para-hydroxylation sites is 1. The number of anilines is 3. The molecule has 9 heteroatoms. The van der Waals surface area contributed by atoms with Crippen molar-refractivity contribution in [1.82, 2.24) is 15.0 Å². The number of ether oxygens (including phenoxy) is 1. The predicted molar refractivity (Wildman–Crippen MR) is 129 cm³/mol. The molecule has 32 heavy (non-hydrogen) atoms. The first-order valence-corrected chi connectivity index (χ1v) is 11.1. The van der Waals surface area contributed by atoms with Crippen LogP contribution in [0.15, 0.2) is 70.1 Å². The van der Waals surface area contributed by atoms with Crippen molar-refractivity contribution < 1.29 is 4.74 Å². The molecule has 4 aromatic rings. The van der Waals surface area contributed by atoms with E-state index in [0.717, 1.165) is 24.4 Å². The minimum Gasteiger partial charge on any atom is -0.457 e. The molecule has 1 saturated heterocycles. The average molecular weight is 493 g/mol. The van der Waals surface area contributed by atoms with Crippen molar-refractivity contribution in [3.05, 3.63) is 75.6 Å². The summed E-state index contributed by atoms with van der Waals surface area (Å²) in [5.41, 5.74) is 7.13. The van der Waals surface area contributed by atoms with Gasteiger partial charge in [-0.25, -0.2) is 4.98 Å². The fraction of sp³-hybridized carbons (Fsp3) is 0.174. The summed E-state index contributed by atoms with van der Waals surface area (Å²) in [6.45, 7) is 1.45. The molecular formula is C23H21BrN6O2. The Morgan fingerprint density at radius 3 is 2.56 bits per heavy atom. The normalized spacial score (nSPS) is 15.8. The maximum atomic E-state index is 12.6. The van der Waals surface area contributed by atoms with E-state index in [1.165, 1.54) is 0 Å². The van der Waals surface area contributed by atoms with Crippen LogP contribution in [0.3, 0.4) is 0 Å². The van der Waals surface area contributed by atoms with E-state index in [1.54, 1.807) is 6.20 Å². The number of benzene rings is 2. The maximum Gasteiger partial charge on any atom is 0.261 e. The highest BCUT2D eigenvalue weighted by Gasteiger charge is 2.24. The smallest absolute Gasteiger partial charge is 0.261 e. The van der Waals surface area contributed by atoms with Gasteiger partial charge in [0.2, 0.25) is 5.95 Å². The Morgan fingerprint density at radius 1 is 1.09 bits per heavy atom. The lowest BCUT2D eigenvalue weighted by Gasteiger charge is -2.18. The van der Waals surface area contributed by atoms with Crippen molar-refractivity contribution >= 4 is 44.3 Å². The lowest BCUT2D eigenvalue weighted by atomic mass is 10.2. The van der Waals surface area contributed by atoms with Gasteiger partial charge in [0.05, 0.1) is 9.99 Å². The van der Waals surface area contributed by atoms with Crippen LogP contribution in [0.2, 0.25) is 0 Å². The highest BCUT2D eigenvalue weighted by molar-refractivity contribution is 9.10. The van der Waals surface area contributed by atoms with Crippen molar-refractivity contribution in [2.24, 2.45) is 5.73 Å². The fourth-order valence-corrected chi connectivity index (χ4v) is 4.08. The molecule has 1 atom stereocenters. The SMILES string of the molecule is N[C@@H]1CCN(c2nc(Nc3ccc(Oc4ccccc4)cc3)c3c(=O)[nH]cc(Br)c3n2)C1. The molecule has 0 spiro atoms. The topological polar surface area (TPSA) is 109 Å². The molecule has 0 amide bonds. The molecule has 3 heterocycles. The Balaban J connectivity index is 1.49. The third-order valence-corrected chi connectivity index (χ3v) is 5.89. The molecule has 0 unspecified atom stereocenters. The highest BCUT2D eigenvalue weighted by atomic mass is 79.9. The first-order valence-electron chi connectivity index (χ1n) is 10.3. The van der Waals surface area contributed by atoms with Crippen LogP contribution < -0.4 is 26.2 Å². The fourth-order valence-electron chi connectivity index (χ4n) is 3.67. The average Bonchev–Trinajstić information content (AvgIpc) is 3.24. The number of rotatable bonds is 5. The van der Waals surface area contributed by atoms with E-state index in [0.29, 0.717) is 39.4 Å². The predicted octanol–water partition coefficient (Wildman–Crippen LogP) is 4.15. The summed E-state index contributed by atoms with van der Waals surface area (Å²) in [6, 6.07) is 17.1. The number of aromatic nitrogens is 3. The Bertz CT molecular complexity index is 1310. The zero-order chi connectivity index (χ0) is 22.1. The quantitative estimate of drug-likeness (QED) is 0.383. The van der Waals surface area contributed by atoms with E-state index in [2.05, 4.69) is 36.2 Å². The largest absolute Gasteiger partial charge is 0.457 e. The van der Waals surface area contributed by atoms with Crippen LogP contribution >= 0.6 is 15.9 Å². The van der Waals surface area contributed by atoms with Crippen molar-refractivity contribution in [3.63, 3.8) is 0 Å². The first-order chi connectivity index (χ1) is 15.6. The summed E-state index contributed by atoms with van der Waals surface area (Å²) in [6.07, 6.45) is 2.47. The highest BCUT2D eigenvalue weighted by Crippen LogP contribution is 2.30. The lowest BCUT2D eigenvalue weighted by molar-refractivity contribution is 0.483. The van der Waals surface area contributed by atoms with E-state index in [9.17, 15) is 4.79 Å². The first kappa shape index (κ1) is 20.5. The van der Waals surface area contributed by atoms with Crippen molar-refractivity contribution in [2.45, 2.75) is 12.5 Å². The van der Waals surface area contributed by atoms with Gasteiger partial charge in [-0.1, -0.05) is 18.2 Å². The summed E-state index contributed by atoms with van der Waals surface area (Å²) in [4.78, 5) is 26.7. The van der Waals surface area contributed by atoms with Gasteiger partial charge in [-0.3, -0.25) is 4.79 Å².